The van der Waals surface area contributed by atoms with E-state index in [4.69, 9.17) is 11.6 Å². The van der Waals surface area contributed by atoms with Gasteiger partial charge in [-0.1, -0.05) is 71.9 Å². The zero-order valence-corrected chi connectivity index (χ0v) is 19.8. The average molecular weight is 478 g/mol. The minimum atomic E-state index is -0.0289. The highest BCUT2D eigenvalue weighted by Crippen LogP contribution is 2.28. The predicted octanol–water partition coefficient (Wildman–Crippen LogP) is 6.02. The van der Waals surface area contributed by atoms with Gasteiger partial charge in [-0.25, -0.2) is 0 Å². The Kier molecular flexibility index (Phi) is 7.65. The molecule has 0 aliphatic heterocycles. The van der Waals surface area contributed by atoms with Crippen LogP contribution in [0.25, 0.3) is 0 Å². The molecule has 0 saturated carbocycles. The molecule has 0 atom stereocenters. The summed E-state index contributed by atoms with van der Waals surface area (Å²) < 4.78 is 2.01. The van der Waals surface area contributed by atoms with E-state index in [0.717, 1.165) is 22.9 Å². The summed E-state index contributed by atoms with van der Waals surface area (Å²) >= 11 is 7.62. The van der Waals surface area contributed by atoms with Gasteiger partial charge in [-0.05, 0) is 43.3 Å². The Morgan fingerprint density at radius 2 is 1.55 bits per heavy atom. The molecule has 0 fully saturated rings. The third-order valence-electron chi connectivity index (χ3n) is 5.02. The third kappa shape index (κ3) is 5.56. The van der Waals surface area contributed by atoms with Gasteiger partial charge >= 0.3 is 0 Å². The van der Waals surface area contributed by atoms with E-state index in [-0.39, 0.29) is 11.7 Å². The van der Waals surface area contributed by atoms with E-state index in [0.29, 0.717) is 23.3 Å². The Morgan fingerprint density at radius 1 is 0.939 bits per heavy atom. The van der Waals surface area contributed by atoms with Gasteiger partial charge < -0.3 is 9.88 Å². The van der Waals surface area contributed by atoms with Crippen LogP contribution in [-0.4, -0.2) is 26.4 Å². The van der Waals surface area contributed by atoms with Crippen molar-refractivity contribution in [1.29, 1.82) is 0 Å². The van der Waals surface area contributed by atoms with Gasteiger partial charge in [0.25, 0.3) is 0 Å². The number of aromatic nitrogens is 3. The van der Waals surface area contributed by atoms with E-state index in [2.05, 4.69) is 15.5 Å². The van der Waals surface area contributed by atoms with Gasteiger partial charge in [0.1, 0.15) is 0 Å². The first-order valence-corrected chi connectivity index (χ1v) is 12.0. The monoisotopic (exact) mass is 477 g/mol. The lowest BCUT2D eigenvalue weighted by Gasteiger charge is -2.23. The highest BCUT2D eigenvalue weighted by atomic mass is 35.5. The molecule has 1 heterocycles. The summed E-state index contributed by atoms with van der Waals surface area (Å²) in [5, 5.41) is 13.3. The molecule has 6 nitrogen and oxygen atoms in total. The van der Waals surface area contributed by atoms with Crippen molar-refractivity contribution in [2.45, 2.75) is 25.2 Å². The molecular weight excluding hydrogens is 454 g/mol. The third-order valence-corrected chi connectivity index (χ3v) is 6.30. The van der Waals surface area contributed by atoms with Gasteiger partial charge in [0.05, 0.1) is 23.0 Å². The van der Waals surface area contributed by atoms with Crippen LogP contribution in [0.2, 0.25) is 5.02 Å². The fraction of sp³-hybridized carbons (Fsp3) is 0.160. The first kappa shape index (κ1) is 22.9. The van der Waals surface area contributed by atoms with E-state index in [1.165, 1.54) is 11.8 Å². The number of para-hydroxylation sites is 3. The van der Waals surface area contributed by atoms with Crippen LogP contribution in [0.15, 0.2) is 90.1 Å². The fourth-order valence-electron chi connectivity index (χ4n) is 3.44. The minimum Gasteiger partial charge on any atom is -0.377 e. The van der Waals surface area contributed by atoms with Gasteiger partial charge in [-0.3, -0.25) is 9.69 Å². The lowest BCUT2D eigenvalue weighted by molar-refractivity contribution is -0.115. The first-order chi connectivity index (χ1) is 16.2. The summed E-state index contributed by atoms with van der Waals surface area (Å²) in [6.07, 6.45) is 0. The summed E-state index contributed by atoms with van der Waals surface area (Å²) in [5.74, 6) is 0.994. The van der Waals surface area contributed by atoms with Crippen molar-refractivity contribution in [3.05, 3.63) is 95.8 Å². The lowest BCUT2D eigenvalue weighted by Crippen LogP contribution is -2.27. The quantitative estimate of drug-likeness (QED) is 0.298. The van der Waals surface area contributed by atoms with Crippen LogP contribution in [-0.2, 0) is 17.9 Å². The van der Waals surface area contributed by atoms with Crippen molar-refractivity contribution in [3.63, 3.8) is 0 Å². The van der Waals surface area contributed by atoms with E-state index in [1.807, 2.05) is 96.4 Å². The average Bonchev–Trinajstić information content (AvgIpc) is 3.25. The van der Waals surface area contributed by atoms with Crippen molar-refractivity contribution < 1.29 is 4.79 Å². The molecule has 0 aliphatic rings. The Bertz CT molecular complexity index is 1160. The van der Waals surface area contributed by atoms with Gasteiger partial charge in [-0.15, -0.1) is 10.2 Å². The van der Waals surface area contributed by atoms with E-state index < -0.39 is 0 Å². The number of hydrogen-bond acceptors (Lipinski definition) is 5. The number of amides is 1. The van der Waals surface area contributed by atoms with Crippen LogP contribution in [0.5, 0.6) is 0 Å². The number of nitrogens with one attached hydrogen (secondary N) is 1. The maximum Gasteiger partial charge on any atom is 0.242 e. The molecule has 0 aliphatic carbocycles. The number of carbonyl (C=O) groups is 1. The summed E-state index contributed by atoms with van der Waals surface area (Å²) in [7, 11) is 0. The summed E-state index contributed by atoms with van der Waals surface area (Å²) in [5.41, 5.74) is 2.50. The van der Waals surface area contributed by atoms with Crippen LogP contribution in [0, 0.1) is 0 Å². The number of anilines is 3. The summed E-state index contributed by atoms with van der Waals surface area (Å²) in [6.45, 7) is 3.22. The number of rotatable bonds is 9. The van der Waals surface area contributed by atoms with Crippen molar-refractivity contribution in [2.75, 3.05) is 16.0 Å². The SMILES string of the molecule is CCn1c(CNc2ccccc2Cl)nnc1SCC(=O)N(c1ccccc1)c1ccccc1. The van der Waals surface area contributed by atoms with Crippen LogP contribution in [0.3, 0.4) is 0 Å². The topological polar surface area (TPSA) is 63.1 Å². The molecule has 4 rings (SSSR count). The molecule has 0 unspecified atom stereocenters. The Labute approximate surface area is 202 Å². The summed E-state index contributed by atoms with van der Waals surface area (Å²) in [6, 6.07) is 26.9. The van der Waals surface area contributed by atoms with Crippen molar-refractivity contribution in [3.8, 4) is 0 Å². The van der Waals surface area contributed by atoms with Crippen LogP contribution >= 0.6 is 23.4 Å². The van der Waals surface area contributed by atoms with Gasteiger partial charge in [-0.2, -0.15) is 0 Å². The fourth-order valence-corrected chi connectivity index (χ4v) is 4.51. The second-order valence-electron chi connectivity index (χ2n) is 7.17. The molecule has 1 amide bonds. The molecule has 33 heavy (non-hydrogen) atoms. The molecule has 168 valence electrons. The molecular formula is C25H24ClN5OS. The Morgan fingerprint density at radius 3 is 2.15 bits per heavy atom. The van der Waals surface area contributed by atoms with Gasteiger partial charge in [0, 0.05) is 17.9 Å². The van der Waals surface area contributed by atoms with Crippen LogP contribution in [0.4, 0.5) is 17.1 Å². The van der Waals surface area contributed by atoms with Gasteiger partial charge in [0.15, 0.2) is 11.0 Å². The second-order valence-corrected chi connectivity index (χ2v) is 8.52. The predicted molar refractivity (Wildman–Crippen MR) is 135 cm³/mol. The first-order valence-electron chi connectivity index (χ1n) is 10.6. The minimum absolute atomic E-state index is 0.0289. The second kappa shape index (κ2) is 11.0. The molecule has 0 radical (unpaired) electrons. The number of carbonyl (C=O) groups excluding carboxylic acids is 1. The molecule has 1 N–H and O–H groups in total. The van der Waals surface area contributed by atoms with Gasteiger partial charge in [0.2, 0.25) is 5.91 Å². The number of benzene rings is 3. The maximum atomic E-state index is 13.3. The smallest absolute Gasteiger partial charge is 0.242 e. The zero-order chi connectivity index (χ0) is 23.0. The molecule has 0 bridgehead atoms. The highest BCUT2D eigenvalue weighted by molar-refractivity contribution is 7.99. The zero-order valence-electron chi connectivity index (χ0n) is 18.2. The molecule has 4 aromatic rings. The van der Waals surface area contributed by atoms with E-state index in [9.17, 15) is 4.79 Å². The molecule has 0 saturated heterocycles. The highest BCUT2D eigenvalue weighted by Gasteiger charge is 2.20. The van der Waals surface area contributed by atoms with E-state index in [1.54, 1.807) is 4.90 Å². The van der Waals surface area contributed by atoms with Crippen LogP contribution in [0.1, 0.15) is 12.7 Å². The molecule has 3 aromatic carbocycles. The van der Waals surface area contributed by atoms with Crippen molar-refractivity contribution >= 4 is 46.3 Å². The molecule has 8 heteroatoms. The Balaban J connectivity index is 1.47. The van der Waals surface area contributed by atoms with E-state index >= 15 is 0 Å². The molecule has 0 spiro atoms. The van der Waals surface area contributed by atoms with Crippen LogP contribution < -0.4 is 10.2 Å². The standard InChI is InChI=1S/C25H24ClN5OS/c1-2-30-23(17-27-22-16-10-9-15-21(22)26)28-29-25(30)33-18-24(32)31(19-11-5-3-6-12-19)20-13-7-4-8-14-20/h3-16,27H,2,17-18H2,1H3. The number of halogens is 1. The number of thioether (sulfide) groups is 1. The molecule has 1 aromatic heterocycles. The largest absolute Gasteiger partial charge is 0.377 e. The number of nitrogens with zero attached hydrogens (tertiary/aromatic N) is 4. The maximum absolute atomic E-state index is 13.3. The summed E-state index contributed by atoms with van der Waals surface area (Å²) in [4.78, 5) is 15.0. The normalized spacial score (nSPS) is 10.7. The number of hydrogen-bond donors (Lipinski definition) is 1. The lowest BCUT2D eigenvalue weighted by atomic mass is 10.2. The Hall–Kier alpha value is -3.29. The van der Waals surface area contributed by atoms with Crippen molar-refractivity contribution in [2.24, 2.45) is 0 Å². The van der Waals surface area contributed by atoms with Crippen molar-refractivity contribution in [1.82, 2.24) is 14.8 Å².